The molecule has 0 fully saturated rings. The quantitative estimate of drug-likeness (QED) is 0.811. The fourth-order valence-electron chi connectivity index (χ4n) is 2.47. The van der Waals surface area contributed by atoms with Crippen LogP contribution in [-0.4, -0.2) is 15.5 Å². The summed E-state index contributed by atoms with van der Waals surface area (Å²) in [5, 5.41) is 0.0121. The first-order valence-corrected chi connectivity index (χ1v) is 9.52. The number of nitrogens with one attached hydrogen (secondary N) is 1. The van der Waals surface area contributed by atoms with E-state index < -0.39 is 16.1 Å². The third kappa shape index (κ3) is 3.86. The van der Waals surface area contributed by atoms with Gasteiger partial charge in [0.15, 0.2) is 0 Å². The van der Waals surface area contributed by atoms with Crippen molar-refractivity contribution in [3.8, 4) is 5.75 Å². The summed E-state index contributed by atoms with van der Waals surface area (Å²) < 4.78 is 33.1. The SMILES string of the molecule is COc1ccc(S(=O)(=O)N[C@@H](C)c2cc(C)ccc2C)c(Cl)c1Cl. The number of sulfonamides is 1. The van der Waals surface area contributed by atoms with Crippen molar-refractivity contribution in [2.75, 3.05) is 7.11 Å². The molecule has 1 atom stereocenters. The highest BCUT2D eigenvalue weighted by atomic mass is 35.5. The standard InChI is InChI=1S/C17H19Cl2NO3S/c1-10-5-6-11(2)13(9-10)12(3)20-24(21,22)15-8-7-14(23-4)16(18)17(15)19/h5-9,12,20H,1-4H3/t12-/m0/s1. The highest BCUT2D eigenvalue weighted by molar-refractivity contribution is 7.89. The van der Waals surface area contributed by atoms with Crippen LogP contribution in [0.25, 0.3) is 0 Å². The molecular weight excluding hydrogens is 369 g/mol. The number of halogens is 2. The first-order valence-electron chi connectivity index (χ1n) is 7.29. The van der Waals surface area contributed by atoms with Gasteiger partial charge in [0.25, 0.3) is 0 Å². The maximum absolute atomic E-state index is 12.7. The molecule has 2 aromatic rings. The Morgan fingerprint density at radius 1 is 1.08 bits per heavy atom. The molecule has 0 unspecified atom stereocenters. The molecule has 0 radical (unpaired) electrons. The average Bonchev–Trinajstić information content (AvgIpc) is 2.51. The summed E-state index contributed by atoms with van der Waals surface area (Å²) in [5.41, 5.74) is 2.98. The molecule has 0 heterocycles. The highest BCUT2D eigenvalue weighted by Gasteiger charge is 2.24. The molecule has 130 valence electrons. The van der Waals surface area contributed by atoms with E-state index >= 15 is 0 Å². The van der Waals surface area contributed by atoms with Gasteiger partial charge in [-0.25, -0.2) is 13.1 Å². The fraction of sp³-hybridized carbons (Fsp3) is 0.294. The fourth-order valence-corrected chi connectivity index (χ4v) is 4.53. The van der Waals surface area contributed by atoms with Gasteiger partial charge in [-0.15, -0.1) is 0 Å². The number of benzene rings is 2. The largest absolute Gasteiger partial charge is 0.495 e. The normalized spacial score (nSPS) is 12.9. The number of hydrogen-bond acceptors (Lipinski definition) is 3. The number of rotatable bonds is 5. The maximum atomic E-state index is 12.7. The lowest BCUT2D eigenvalue weighted by Crippen LogP contribution is -2.27. The maximum Gasteiger partial charge on any atom is 0.242 e. The van der Waals surface area contributed by atoms with Gasteiger partial charge in [0.1, 0.15) is 15.7 Å². The number of hydrogen-bond donors (Lipinski definition) is 1. The van der Waals surface area contributed by atoms with Gasteiger partial charge in [-0.3, -0.25) is 0 Å². The third-order valence-electron chi connectivity index (χ3n) is 3.75. The van der Waals surface area contributed by atoms with E-state index in [1.165, 1.54) is 19.2 Å². The zero-order chi connectivity index (χ0) is 18.1. The van der Waals surface area contributed by atoms with E-state index in [1.807, 2.05) is 32.0 Å². The summed E-state index contributed by atoms with van der Waals surface area (Å²) in [6.07, 6.45) is 0. The molecule has 0 amide bonds. The van der Waals surface area contributed by atoms with E-state index in [2.05, 4.69) is 4.72 Å². The second kappa shape index (κ2) is 7.31. The van der Waals surface area contributed by atoms with Gasteiger partial charge in [-0.1, -0.05) is 47.0 Å². The van der Waals surface area contributed by atoms with Crippen LogP contribution in [0.4, 0.5) is 0 Å². The van der Waals surface area contributed by atoms with E-state index in [0.717, 1.165) is 16.7 Å². The van der Waals surface area contributed by atoms with Gasteiger partial charge in [0, 0.05) is 6.04 Å². The molecule has 0 saturated carbocycles. The lowest BCUT2D eigenvalue weighted by Gasteiger charge is -2.18. The molecule has 2 rings (SSSR count). The Labute approximate surface area is 152 Å². The van der Waals surface area contributed by atoms with Gasteiger partial charge in [-0.2, -0.15) is 0 Å². The molecule has 0 saturated heterocycles. The Morgan fingerprint density at radius 2 is 1.75 bits per heavy atom. The number of aryl methyl sites for hydroxylation is 2. The molecule has 7 heteroatoms. The minimum absolute atomic E-state index is 0.0586. The minimum Gasteiger partial charge on any atom is -0.495 e. The Hall–Kier alpha value is -1.27. The van der Waals surface area contributed by atoms with Crippen LogP contribution in [0.3, 0.4) is 0 Å². The van der Waals surface area contributed by atoms with Crippen molar-refractivity contribution >= 4 is 33.2 Å². The Bertz CT molecular complexity index is 866. The monoisotopic (exact) mass is 387 g/mol. The summed E-state index contributed by atoms with van der Waals surface area (Å²) in [4.78, 5) is -0.0767. The summed E-state index contributed by atoms with van der Waals surface area (Å²) >= 11 is 12.2. The third-order valence-corrected chi connectivity index (χ3v) is 6.31. The summed E-state index contributed by atoms with van der Waals surface area (Å²) in [7, 11) is -2.40. The molecule has 0 aliphatic heterocycles. The molecule has 0 aliphatic carbocycles. The summed E-state index contributed by atoms with van der Waals surface area (Å²) in [6.45, 7) is 5.69. The van der Waals surface area contributed by atoms with Crippen molar-refractivity contribution in [1.29, 1.82) is 0 Å². The van der Waals surface area contributed by atoms with Gasteiger partial charge >= 0.3 is 0 Å². The molecule has 0 aliphatic rings. The lowest BCUT2D eigenvalue weighted by molar-refractivity contribution is 0.414. The second-order valence-electron chi connectivity index (χ2n) is 5.60. The molecule has 0 aromatic heterocycles. The van der Waals surface area contributed by atoms with Crippen molar-refractivity contribution in [3.05, 3.63) is 57.1 Å². The molecule has 0 bridgehead atoms. The minimum atomic E-state index is -3.84. The van der Waals surface area contributed by atoms with Crippen molar-refractivity contribution in [3.63, 3.8) is 0 Å². The first-order chi connectivity index (χ1) is 11.2. The Balaban J connectivity index is 2.38. The van der Waals surface area contributed by atoms with E-state index in [1.54, 1.807) is 6.92 Å². The highest BCUT2D eigenvalue weighted by Crippen LogP contribution is 2.37. The van der Waals surface area contributed by atoms with E-state index in [4.69, 9.17) is 27.9 Å². The second-order valence-corrected chi connectivity index (χ2v) is 8.04. The van der Waals surface area contributed by atoms with Crippen LogP contribution in [0.5, 0.6) is 5.75 Å². The molecule has 2 aromatic carbocycles. The molecule has 0 spiro atoms. The molecule has 1 N–H and O–H groups in total. The smallest absolute Gasteiger partial charge is 0.242 e. The zero-order valence-corrected chi connectivity index (χ0v) is 16.2. The first kappa shape index (κ1) is 19.1. The lowest BCUT2D eigenvalue weighted by atomic mass is 10.0. The van der Waals surface area contributed by atoms with Crippen molar-refractivity contribution in [2.45, 2.75) is 31.7 Å². The van der Waals surface area contributed by atoms with E-state index in [9.17, 15) is 8.42 Å². The summed E-state index contributed by atoms with van der Waals surface area (Å²) in [6, 6.07) is 8.36. The van der Waals surface area contributed by atoms with Crippen LogP contribution in [-0.2, 0) is 10.0 Å². The van der Waals surface area contributed by atoms with Gasteiger partial charge in [0.2, 0.25) is 10.0 Å². The van der Waals surface area contributed by atoms with E-state index in [0.29, 0.717) is 5.75 Å². The summed E-state index contributed by atoms with van der Waals surface area (Å²) in [5.74, 6) is 0.322. The molecular formula is C17H19Cl2NO3S. The van der Waals surface area contributed by atoms with Gasteiger partial charge in [0.05, 0.1) is 12.1 Å². The average molecular weight is 388 g/mol. The van der Waals surface area contributed by atoms with Crippen LogP contribution in [0, 0.1) is 13.8 Å². The van der Waals surface area contributed by atoms with Crippen LogP contribution < -0.4 is 9.46 Å². The topological polar surface area (TPSA) is 55.4 Å². The number of methoxy groups -OCH3 is 1. The predicted octanol–water partition coefficient (Wildman–Crippen LogP) is 4.66. The zero-order valence-electron chi connectivity index (χ0n) is 13.9. The van der Waals surface area contributed by atoms with Crippen LogP contribution in [0.2, 0.25) is 10.0 Å². The van der Waals surface area contributed by atoms with Gasteiger partial charge < -0.3 is 4.74 Å². The van der Waals surface area contributed by atoms with Crippen molar-refractivity contribution in [2.24, 2.45) is 0 Å². The van der Waals surface area contributed by atoms with Crippen LogP contribution in [0.1, 0.15) is 29.7 Å². The van der Waals surface area contributed by atoms with Crippen LogP contribution in [0.15, 0.2) is 35.2 Å². The van der Waals surface area contributed by atoms with Crippen LogP contribution >= 0.6 is 23.2 Å². The molecule has 24 heavy (non-hydrogen) atoms. The van der Waals surface area contributed by atoms with Gasteiger partial charge in [-0.05, 0) is 44.0 Å². The van der Waals surface area contributed by atoms with Crippen molar-refractivity contribution < 1.29 is 13.2 Å². The number of ether oxygens (including phenoxy) is 1. The Morgan fingerprint density at radius 3 is 2.38 bits per heavy atom. The Kier molecular flexibility index (Phi) is 5.81. The predicted molar refractivity (Wildman–Crippen MR) is 97.7 cm³/mol. The van der Waals surface area contributed by atoms with Crippen molar-refractivity contribution in [1.82, 2.24) is 4.72 Å². The molecule has 4 nitrogen and oxygen atoms in total. The van der Waals surface area contributed by atoms with E-state index in [-0.39, 0.29) is 14.9 Å².